The number of likely N-dealkylation sites (tertiary alicyclic amines) is 2. The molecule has 2 bridgehead atoms. The van der Waals surface area contributed by atoms with Crippen LogP contribution in [0.1, 0.15) is 51.4 Å². The molecule has 4 aliphatic rings. The Labute approximate surface area is 133 Å². The van der Waals surface area contributed by atoms with Gasteiger partial charge >= 0.3 is 0 Å². The summed E-state index contributed by atoms with van der Waals surface area (Å²) in [4.78, 5) is 29.5. The van der Waals surface area contributed by atoms with Crippen LogP contribution in [-0.4, -0.2) is 47.8 Å². The minimum atomic E-state index is 0.0643. The Morgan fingerprint density at radius 1 is 0.773 bits per heavy atom. The van der Waals surface area contributed by atoms with Crippen molar-refractivity contribution in [3.05, 3.63) is 0 Å². The van der Waals surface area contributed by atoms with E-state index in [1.54, 1.807) is 0 Å². The lowest BCUT2D eigenvalue weighted by atomic mass is 9.86. The van der Waals surface area contributed by atoms with Crippen molar-refractivity contribution in [3.8, 4) is 0 Å². The molecule has 0 radical (unpaired) electrons. The van der Waals surface area contributed by atoms with Crippen LogP contribution in [-0.2, 0) is 9.59 Å². The Bertz CT molecular complexity index is 458. The van der Waals surface area contributed by atoms with Crippen molar-refractivity contribution in [1.82, 2.24) is 9.80 Å². The number of rotatable bonds is 2. The fraction of sp³-hybridized carbons (Fsp3) is 0.889. The van der Waals surface area contributed by atoms with Crippen molar-refractivity contribution in [1.29, 1.82) is 0 Å². The third-order valence-corrected chi connectivity index (χ3v) is 6.56. The fourth-order valence-corrected chi connectivity index (χ4v) is 5.36. The van der Waals surface area contributed by atoms with Gasteiger partial charge in [0.05, 0.1) is 5.92 Å². The van der Waals surface area contributed by atoms with Gasteiger partial charge in [-0.2, -0.15) is 0 Å². The first-order valence-corrected chi connectivity index (χ1v) is 9.30. The lowest BCUT2D eigenvalue weighted by Crippen LogP contribution is -2.48. The number of amides is 2. The summed E-state index contributed by atoms with van der Waals surface area (Å²) in [5.74, 6) is 2.47. The standard InChI is InChI=1S/C18H28N2O2/c21-17(19-7-1-2-8-19)15-4-3-9-20(12-15)18(22)16-11-13-5-6-14(16)10-13/h13-16H,1-12H2. The van der Waals surface area contributed by atoms with Gasteiger partial charge in [0.15, 0.2) is 0 Å². The van der Waals surface area contributed by atoms with Crippen LogP contribution >= 0.6 is 0 Å². The molecule has 2 amide bonds. The first kappa shape index (κ1) is 14.5. The summed E-state index contributed by atoms with van der Waals surface area (Å²) in [6, 6.07) is 0. The molecule has 2 aliphatic carbocycles. The van der Waals surface area contributed by atoms with Crippen molar-refractivity contribution >= 4 is 11.8 Å². The van der Waals surface area contributed by atoms with Crippen LogP contribution in [0.5, 0.6) is 0 Å². The van der Waals surface area contributed by atoms with Crippen LogP contribution in [0.2, 0.25) is 0 Å². The Morgan fingerprint density at radius 2 is 1.55 bits per heavy atom. The predicted octanol–water partition coefficient (Wildman–Crippen LogP) is 2.28. The second-order valence-electron chi connectivity index (χ2n) is 7.94. The molecular weight excluding hydrogens is 276 g/mol. The first-order chi connectivity index (χ1) is 10.7. The molecule has 4 rings (SSSR count). The highest BCUT2D eigenvalue weighted by atomic mass is 16.2. The van der Waals surface area contributed by atoms with Crippen LogP contribution in [0.3, 0.4) is 0 Å². The van der Waals surface area contributed by atoms with Crippen LogP contribution in [0.15, 0.2) is 0 Å². The van der Waals surface area contributed by atoms with Gasteiger partial charge in [0.25, 0.3) is 0 Å². The van der Waals surface area contributed by atoms with E-state index < -0.39 is 0 Å². The Morgan fingerprint density at radius 3 is 2.23 bits per heavy atom. The number of fused-ring (bicyclic) bond motifs is 2. The highest BCUT2D eigenvalue weighted by Crippen LogP contribution is 2.49. The number of hydrogen-bond donors (Lipinski definition) is 0. The smallest absolute Gasteiger partial charge is 0.227 e. The van der Waals surface area contributed by atoms with E-state index in [9.17, 15) is 9.59 Å². The monoisotopic (exact) mass is 304 g/mol. The number of piperidine rings is 1. The summed E-state index contributed by atoms with van der Waals surface area (Å²) in [7, 11) is 0. The lowest BCUT2D eigenvalue weighted by Gasteiger charge is -2.36. The quantitative estimate of drug-likeness (QED) is 0.785. The van der Waals surface area contributed by atoms with Gasteiger partial charge in [-0.3, -0.25) is 9.59 Å². The fourth-order valence-electron chi connectivity index (χ4n) is 5.36. The molecular formula is C18H28N2O2. The third-order valence-electron chi connectivity index (χ3n) is 6.56. The zero-order chi connectivity index (χ0) is 15.1. The maximum absolute atomic E-state index is 12.9. The molecule has 0 aromatic carbocycles. The van der Waals surface area contributed by atoms with E-state index >= 15 is 0 Å². The number of nitrogens with zero attached hydrogens (tertiary/aromatic N) is 2. The van der Waals surface area contributed by atoms with Crippen molar-refractivity contribution in [3.63, 3.8) is 0 Å². The van der Waals surface area contributed by atoms with Crippen LogP contribution < -0.4 is 0 Å². The average molecular weight is 304 g/mol. The number of hydrogen-bond acceptors (Lipinski definition) is 2. The van der Waals surface area contributed by atoms with E-state index in [0.717, 1.165) is 57.7 Å². The minimum absolute atomic E-state index is 0.0643. The SMILES string of the molecule is O=C(C1CCCN(C(=O)C2CC3CCC2C3)C1)N1CCCC1. The molecule has 2 saturated carbocycles. The Balaban J connectivity index is 1.38. The molecule has 2 saturated heterocycles. The molecule has 0 aromatic heterocycles. The van der Waals surface area contributed by atoms with Gasteiger partial charge in [-0.1, -0.05) is 6.42 Å². The van der Waals surface area contributed by atoms with Gasteiger partial charge in [0.1, 0.15) is 0 Å². The molecule has 22 heavy (non-hydrogen) atoms. The molecule has 0 N–H and O–H groups in total. The summed E-state index contributed by atoms with van der Waals surface area (Å²) in [6.45, 7) is 3.41. The van der Waals surface area contributed by atoms with Gasteiger partial charge < -0.3 is 9.80 Å². The van der Waals surface area contributed by atoms with E-state index in [1.165, 1.54) is 19.3 Å². The summed E-state index contributed by atoms with van der Waals surface area (Å²) in [6.07, 6.45) is 9.24. The van der Waals surface area contributed by atoms with E-state index in [2.05, 4.69) is 0 Å². The summed E-state index contributed by atoms with van der Waals surface area (Å²) < 4.78 is 0. The molecule has 2 heterocycles. The van der Waals surface area contributed by atoms with Gasteiger partial charge in [-0.05, 0) is 56.8 Å². The Hall–Kier alpha value is -1.06. The van der Waals surface area contributed by atoms with E-state index in [4.69, 9.17) is 0 Å². The molecule has 4 atom stereocenters. The maximum atomic E-state index is 12.9. The van der Waals surface area contributed by atoms with Crippen molar-refractivity contribution in [2.75, 3.05) is 26.2 Å². The van der Waals surface area contributed by atoms with Gasteiger partial charge in [0, 0.05) is 32.1 Å². The minimum Gasteiger partial charge on any atom is -0.342 e. The largest absolute Gasteiger partial charge is 0.342 e. The lowest BCUT2D eigenvalue weighted by molar-refractivity contribution is -0.143. The molecule has 0 aromatic rings. The summed E-state index contributed by atoms with van der Waals surface area (Å²) in [5.41, 5.74) is 0. The van der Waals surface area contributed by atoms with Crippen LogP contribution in [0.25, 0.3) is 0 Å². The van der Waals surface area contributed by atoms with E-state index in [0.29, 0.717) is 24.3 Å². The topological polar surface area (TPSA) is 40.6 Å². The van der Waals surface area contributed by atoms with Gasteiger partial charge in [-0.25, -0.2) is 0 Å². The molecule has 2 aliphatic heterocycles. The number of carbonyl (C=O) groups is 2. The highest BCUT2D eigenvalue weighted by molar-refractivity contribution is 5.83. The van der Waals surface area contributed by atoms with Crippen LogP contribution in [0.4, 0.5) is 0 Å². The first-order valence-electron chi connectivity index (χ1n) is 9.30. The van der Waals surface area contributed by atoms with E-state index in [1.807, 2.05) is 9.80 Å². The maximum Gasteiger partial charge on any atom is 0.227 e. The van der Waals surface area contributed by atoms with Crippen LogP contribution in [0, 0.1) is 23.7 Å². The molecule has 122 valence electrons. The normalized spacial score (nSPS) is 37.8. The van der Waals surface area contributed by atoms with Crippen molar-refractivity contribution in [2.24, 2.45) is 23.7 Å². The second-order valence-corrected chi connectivity index (χ2v) is 7.94. The van der Waals surface area contributed by atoms with Gasteiger partial charge in [-0.15, -0.1) is 0 Å². The molecule has 4 fully saturated rings. The molecule has 0 spiro atoms. The van der Waals surface area contributed by atoms with Crippen molar-refractivity contribution < 1.29 is 9.59 Å². The number of carbonyl (C=O) groups excluding carboxylic acids is 2. The van der Waals surface area contributed by atoms with Crippen molar-refractivity contribution in [2.45, 2.75) is 51.4 Å². The zero-order valence-electron chi connectivity index (χ0n) is 13.5. The highest BCUT2D eigenvalue weighted by Gasteiger charge is 2.45. The molecule has 4 unspecified atom stereocenters. The second kappa shape index (κ2) is 5.86. The zero-order valence-corrected chi connectivity index (χ0v) is 13.5. The molecule has 4 heteroatoms. The molecule has 4 nitrogen and oxygen atoms in total. The predicted molar refractivity (Wildman–Crippen MR) is 84.1 cm³/mol. The van der Waals surface area contributed by atoms with Gasteiger partial charge in [0.2, 0.25) is 11.8 Å². The summed E-state index contributed by atoms with van der Waals surface area (Å²) in [5, 5.41) is 0. The van der Waals surface area contributed by atoms with E-state index in [-0.39, 0.29) is 11.8 Å². The third kappa shape index (κ3) is 2.55. The average Bonchev–Trinajstić information content (AvgIpc) is 3.30. The summed E-state index contributed by atoms with van der Waals surface area (Å²) >= 11 is 0. The Kier molecular flexibility index (Phi) is 3.87.